The van der Waals surface area contributed by atoms with Crippen molar-refractivity contribution in [3.63, 3.8) is 0 Å². The zero-order valence-electron chi connectivity index (χ0n) is 5.13. The molecule has 0 bridgehead atoms. The van der Waals surface area contributed by atoms with Crippen LogP contribution in [-0.2, 0) is 0 Å². The fourth-order valence-corrected chi connectivity index (χ4v) is 1.28. The number of β-amino-alcohol motifs (C(OH)–C–C–N with tert-alkyl or cyclic N) is 1. The van der Waals surface area contributed by atoms with E-state index < -0.39 is 12.3 Å². The molecule has 1 rings (SSSR count). The van der Waals surface area contributed by atoms with Gasteiger partial charge in [-0.1, -0.05) is 0 Å². The first kappa shape index (κ1) is 8.19. The molecule has 0 aromatic carbocycles. The summed E-state index contributed by atoms with van der Waals surface area (Å²) in [6.07, 6.45) is -2.25. The zero-order valence-corrected chi connectivity index (χ0v) is 7.29. The normalized spacial score (nSPS) is 32.9. The van der Waals surface area contributed by atoms with E-state index in [4.69, 9.17) is 5.11 Å². The van der Waals surface area contributed by atoms with Crippen LogP contribution >= 0.6 is 22.6 Å². The van der Waals surface area contributed by atoms with Gasteiger partial charge in [-0.25, -0.2) is 4.39 Å². The number of carbonyl (C=O) groups is 1. The third kappa shape index (κ3) is 1.57. The molecule has 3 nitrogen and oxygen atoms in total. The maximum absolute atomic E-state index is 12.5. The SMILES string of the molecule is O=C(I)N1CC(F)[C@H](O)C1. The highest BCUT2D eigenvalue weighted by Crippen LogP contribution is 2.15. The van der Waals surface area contributed by atoms with Crippen molar-refractivity contribution < 1.29 is 14.3 Å². The van der Waals surface area contributed by atoms with Gasteiger partial charge in [-0.05, 0) is 0 Å². The zero-order chi connectivity index (χ0) is 7.72. The predicted molar refractivity (Wildman–Crippen MR) is 41.9 cm³/mol. The minimum absolute atomic E-state index is 0.0307. The third-order valence-electron chi connectivity index (χ3n) is 1.47. The summed E-state index contributed by atoms with van der Waals surface area (Å²) in [5, 5.41) is 8.84. The highest BCUT2D eigenvalue weighted by atomic mass is 127. The molecule has 0 aromatic heterocycles. The van der Waals surface area contributed by atoms with Crippen LogP contribution in [-0.4, -0.2) is 39.3 Å². The summed E-state index contributed by atoms with van der Waals surface area (Å²) in [5.74, 6) is 0. The Morgan fingerprint density at radius 3 is 2.50 bits per heavy atom. The van der Waals surface area contributed by atoms with Gasteiger partial charge in [0.15, 0.2) is 0 Å². The minimum Gasteiger partial charge on any atom is -0.388 e. The van der Waals surface area contributed by atoms with Gasteiger partial charge in [-0.3, -0.25) is 4.79 Å². The molecule has 0 spiro atoms. The molecule has 5 heteroatoms. The molecule has 0 radical (unpaired) electrons. The number of hydrogen-bond donors (Lipinski definition) is 1. The summed E-state index contributed by atoms with van der Waals surface area (Å²) in [6.45, 7) is 0.159. The number of aliphatic hydroxyl groups excluding tert-OH is 1. The molecule has 1 unspecified atom stereocenters. The van der Waals surface area contributed by atoms with Crippen molar-refractivity contribution in [3.05, 3.63) is 0 Å². The van der Waals surface area contributed by atoms with Gasteiger partial charge in [-0.15, -0.1) is 0 Å². The number of amides is 1. The predicted octanol–water partition coefficient (Wildman–Crippen LogP) is 0.556. The molecule has 1 N–H and O–H groups in total. The summed E-state index contributed by atoms with van der Waals surface area (Å²) in [6, 6.07) is 0. The highest BCUT2D eigenvalue weighted by Gasteiger charge is 2.32. The molecule has 1 aliphatic heterocycles. The van der Waals surface area contributed by atoms with E-state index in [9.17, 15) is 9.18 Å². The number of hydrogen-bond acceptors (Lipinski definition) is 2. The topological polar surface area (TPSA) is 40.5 Å². The summed E-state index contributed by atoms with van der Waals surface area (Å²) in [7, 11) is 0. The van der Waals surface area contributed by atoms with E-state index in [1.54, 1.807) is 22.6 Å². The van der Waals surface area contributed by atoms with E-state index in [0.29, 0.717) is 0 Å². The van der Waals surface area contributed by atoms with E-state index in [0.717, 1.165) is 0 Å². The maximum Gasteiger partial charge on any atom is 0.283 e. The van der Waals surface area contributed by atoms with E-state index in [-0.39, 0.29) is 17.0 Å². The van der Waals surface area contributed by atoms with Gasteiger partial charge < -0.3 is 10.0 Å². The van der Waals surface area contributed by atoms with Crippen LogP contribution in [0.25, 0.3) is 0 Å². The molecule has 0 aliphatic carbocycles. The quantitative estimate of drug-likeness (QED) is 0.392. The Hall–Kier alpha value is 0.0900. The van der Waals surface area contributed by atoms with Crippen molar-refractivity contribution in [3.8, 4) is 0 Å². The summed E-state index contributed by atoms with van der Waals surface area (Å²) >= 11 is 1.57. The van der Waals surface area contributed by atoms with Gasteiger partial charge in [0, 0.05) is 22.6 Å². The molecule has 1 aliphatic rings. The number of likely N-dealkylation sites (tertiary alicyclic amines) is 1. The lowest BCUT2D eigenvalue weighted by molar-refractivity contribution is 0.116. The lowest BCUT2D eigenvalue weighted by Crippen LogP contribution is -2.23. The molecule has 58 valence electrons. The molecule has 1 saturated heterocycles. The van der Waals surface area contributed by atoms with Gasteiger partial charge in [0.1, 0.15) is 12.3 Å². The van der Waals surface area contributed by atoms with Crippen LogP contribution in [0, 0.1) is 0 Å². The van der Waals surface area contributed by atoms with Gasteiger partial charge in [-0.2, -0.15) is 0 Å². The monoisotopic (exact) mass is 259 g/mol. The third-order valence-corrected chi connectivity index (χ3v) is 2.15. The number of halogens is 2. The van der Waals surface area contributed by atoms with E-state index in [2.05, 4.69) is 0 Å². The maximum atomic E-state index is 12.5. The van der Waals surface area contributed by atoms with E-state index >= 15 is 0 Å². The van der Waals surface area contributed by atoms with Crippen LogP contribution in [0.2, 0.25) is 0 Å². The van der Waals surface area contributed by atoms with Crippen LogP contribution < -0.4 is 0 Å². The van der Waals surface area contributed by atoms with Crippen molar-refractivity contribution in [2.24, 2.45) is 0 Å². The largest absolute Gasteiger partial charge is 0.388 e. The second-order valence-electron chi connectivity index (χ2n) is 2.24. The second kappa shape index (κ2) is 3.00. The van der Waals surface area contributed by atoms with Crippen molar-refractivity contribution in [1.82, 2.24) is 4.90 Å². The fourth-order valence-electron chi connectivity index (χ4n) is 0.890. The van der Waals surface area contributed by atoms with Crippen LogP contribution in [0.5, 0.6) is 0 Å². The summed E-state index contributed by atoms with van der Waals surface area (Å²) in [4.78, 5) is 11.9. The van der Waals surface area contributed by atoms with Crippen LogP contribution in [0.4, 0.5) is 9.18 Å². The van der Waals surface area contributed by atoms with Gasteiger partial charge in [0.25, 0.3) is 3.91 Å². The second-order valence-corrected chi connectivity index (χ2v) is 3.16. The van der Waals surface area contributed by atoms with E-state index in [1.165, 1.54) is 4.90 Å². The van der Waals surface area contributed by atoms with Crippen LogP contribution in [0.1, 0.15) is 0 Å². The molecule has 10 heavy (non-hydrogen) atoms. The van der Waals surface area contributed by atoms with Crippen LogP contribution in [0.3, 0.4) is 0 Å². The van der Waals surface area contributed by atoms with Gasteiger partial charge >= 0.3 is 0 Å². The average Bonchev–Trinajstić information content (AvgIpc) is 2.13. The molecule has 1 amide bonds. The van der Waals surface area contributed by atoms with Crippen molar-refractivity contribution >= 4 is 26.5 Å². The lowest BCUT2D eigenvalue weighted by Gasteiger charge is -2.08. The number of alkyl halides is 1. The molecule has 0 saturated carbocycles. The van der Waals surface area contributed by atoms with Gasteiger partial charge in [0.05, 0.1) is 13.1 Å². The first-order valence-corrected chi connectivity index (χ1v) is 3.95. The summed E-state index contributed by atoms with van der Waals surface area (Å²) < 4.78 is 12.3. The van der Waals surface area contributed by atoms with Crippen molar-refractivity contribution in [2.75, 3.05) is 13.1 Å². The molecule has 0 aromatic rings. The van der Waals surface area contributed by atoms with Crippen molar-refractivity contribution in [1.29, 1.82) is 0 Å². The molecule has 1 heterocycles. The molecule has 2 atom stereocenters. The fraction of sp³-hybridized carbons (Fsp3) is 0.800. The van der Waals surface area contributed by atoms with Crippen molar-refractivity contribution in [2.45, 2.75) is 12.3 Å². The number of rotatable bonds is 0. The van der Waals surface area contributed by atoms with Gasteiger partial charge in [0.2, 0.25) is 0 Å². The summed E-state index contributed by atoms with van der Waals surface area (Å²) in [5.41, 5.74) is 0. The molecule has 1 fully saturated rings. The van der Waals surface area contributed by atoms with E-state index in [1.807, 2.05) is 0 Å². The number of carbonyl (C=O) groups excluding carboxylic acids is 1. The molecular weight excluding hydrogens is 252 g/mol. The first-order chi connectivity index (χ1) is 4.61. The Bertz CT molecular complexity index is 145. The lowest BCUT2D eigenvalue weighted by atomic mass is 10.3. The van der Waals surface area contributed by atoms with Crippen LogP contribution in [0.15, 0.2) is 0 Å². The smallest absolute Gasteiger partial charge is 0.283 e. The Balaban J connectivity index is 2.49. The Morgan fingerprint density at radius 1 is 1.70 bits per heavy atom. The minimum atomic E-state index is -1.27. The average molecular weight is 259 g/mol. The standard InChI is InChI=1S/C5H7FINO2/c6-3-1-8(5(7)10)2-4(3)9/h3-4,9H,1-2H2/t3?,4-/m1/s1. The molecular formula is C5H7FINO2. The first-order valence-electron chi connectivity index (χ1n) is 2.88. The Kier molecular flexibility index (Phi) is 2.45. The highest BCUT2D eigenvalue weighted by molar-refractivity contribution is 14.1. The number of aliphatic hydroxyl groups is 1. The Morgan fingerprint density at radius 2 is 2.30 bits per heavy atom. The Labute approximate surface area is 71.3 Å². The number of nitrogens with zero attached hydrogens (tertiary/aromatic N) is 1.